The molecular formula is C12H17N3. The highest BCUT2D eigenvalue weighted by atomic mass is 15.0. The number of imidazole rings is 1. The Morgan fingerprint density at radius 3 is 2.67 bits per heavy atom. The Hall–Kier alpha value is -1.35. The van der Waals surface area contributed by atoms with Gasteiger partial charge in [-0.25, -0.2) is 4.98 Å². The van der Waals surface area contributed by atoms with Crippen LogP contribution < -0.4 is 5.73 Å². The highest BCUT2D eigenvalue weighted by Gasteiger charge is 2.06. The second-order valence-corrected chi connectivity index (χ2v) is 4.33. The average Bonchev–Trinajstić information content (AvgIpc) is 2.59. The van der Waals surface area contributed by atoms with Crippen molar-refractivity contribution in [3.8, 4) is 0 Å². The van der Waals surface area contributed by atoms with Gasteiger partial charge in [0, 0.05) is 18.4 Å². The van der Waals surface area contributed by atoms with E-state index >= 15 is 0 Å². The van der Waals surface area contributed by atoms with E-state index in [9.17, 15) is 0 Å². The predicted molar refractivity (Wildman–Crippen MR) is 61.9 cm³/mol. The second kappa shape index (κ2) is 3.66. The third-order valence-corrected chi connectivity index (χ3v) is 2.62. The molecule has 0 saturated heterocycles. The number of hydrogen-bond donors (Lipinski definition) is 1. The highest BCUT2D eigenvalue weighted by Crippen LogP contribution is 2.17. The van der Waals surface area contributed by atoms with E-state index in [0.717, 1.165) is 16.9 Å². The first kappa shape index (κ1) is 10.2. The second-order valence-electron chi connectivity index (χ2n) is 4.33. The zero-order chi connectivity index (χ0) is 11.0. The van der Waals surface area contributed by atoms with Gasteiger partial charge in [0.25, 0.3) is 0 Å². The maximum Gasteiger partial charge on any atom is 0.137 e. The lowest BCUT2D eigenvalue weighted by Gasteiger charge is -2.04. The normalized spacial score (nSPS) is 13.7. The van der Waals surface area contributed by atoms with E-state index in [-0.39, 0.29) is 6.04 Å². The van der Waals surface area contributed by atoms with Gasteiger partial charge in [-0.2, -0.15) is 0 Å². The first-order chi connectivity index (χ1) is 7.08. The molecule has 0 aromatic carbocycles. The predicted octanol–water partition coefficient (Wildman–Crippen LogP) is 2.48. The van der Waals surface area contributed by atoms with Gasteiger partial charge in [0.05, 0.1) is 5.69 Å². The zero-order valence-corrected chi connectivity index (χ0v) is 9.44. The van der Waals surface area contributed by atoms with Crippen molar-refractivity contribution < 1.29 is 0 Å². The Kier molecular flexibility index (Phi) is 2.49. The molecule has 2 rings (SSSR count). The molecular weight excluding hydrogens is 186 g/mol. The van der Waals surface area contributed by atoms with Gasteiger partial charge in [0.2, 0.25) is 0 Å². The van der Waals surface area contributed by atoms with Crippen molar-refractivity contribution in [3.05, 3.63) is 35.8 Å². The minimum absolute atomic E-state index is 0.0641. The summed E-state index contributed by atoms with van der Waals surface area (Å²) in [5.74, 6) is 0.462. The maximum atomic E-state index is 5.83. The van der Waals surface area contributed by atoms with Gasteiger partial charge >= 0.3 is 0 Å². The fraction of sp³-hybridized carbons (Fsp3) is 0.417. The van der Waals surface area contributed by atoms with Crippen molar-refractivity contribution in [1.82, 2.24) is 9.38 Å². The Labute approximate surface area is 89.9 Å². The number of fused-ring (bicyclic) bond motifs is 1. The molecule has 0 radical (unpaired) electrons. The molecule has 0 aliphatic carbocycles. The molecule has 3 nitrogen and oxygen atoms in total. The number of pyridine rings is 1. The summed E-state index contributed by atoms with van der Waals surface area (Å²) in [6.45, 7) is 6.28. The zero-order valence-electron chi connectivity index (χ0n) is 9.44. The van der Waals surface area contributed by atoms with E-state index in [0.29, 0.717) is 5.92 Å². The van der Waals surface area contributed by atoms with Crippen LogP contribution in [0.15, 0.2) is 24.5 Å². The van der Waals surface area contributed by atoms with Crippen molar-refractivity contribution in [2.75, 3.05) is 0 Å². The van der Waals surface area contributed by atoms with E-state index in [4.69, 9.17) is 5.73 Å². The minimum atomic E-state index is 0.0641. The van der Waals surface area contributed by atoms with Crippen LogP contribution in [0, 0.1) is 0 Å². The first-order valence-electron chi connectivity index (χ1n) is 5.32. The number of hydrogen-bond acceptors (Lipinski definition) is 2. The summed E-state index contributed by atoms with van der Waals surface area (Å²) in [5.41, 5.74) is 9.06. The summed E-state index contributed by atoms with van der Waals surface area (Å²) in [4.78, 5) is 4.56. The Balaban J connectivity index is 2.52. The molecule has 0 aliphatic heterocycles. The average molecular weight is 203 g/mol. The Morgan fingerprint density at radius 1 is 1.33 bits per heavy atom. The topological polar surface area (TPSA) is 43.3 Å². The largest absolute Gasteiger partial charge is 0.324 e. The van der Waals surface area contributed by atoms with Crippen molar-refractivity contribution in [2.45, 2.75) is 32.7 Å². The molecule has 1 atom stereocenters. The smallest absolute Gasteiger partial charge is 0.137 e. The van der Waals surface area contributed by atoms with E-state index in [1.54, 1.807) is 0 Å². The SMILES string of the molecule is CC(C)c1cn2ccc(C(C)N)cc2n1. The van der Waals surface area contributed by atoms with Crippen LogP contribution in [0.3, 0.4) is 0 Å². The fourth-order valence-electron chi connectivity index (χ4n) is 1.58. The third-order valence-electron chi connectivity index (χ3n) is 2.62. The van der Waals surface area contributed by atoms with Crippen molar-refractivity contribution in [3.63, 3.8) is 0 Å². The van der Waals surface area contributed by atoms with Crippen molar-refractivity contribution in [2.24, 2.45) is 5.73 Å². The molecule has 2 heterocycles. The molecule has 0 bridgehead atoms. The third kappa shape index (κ3) is 1.88. The molecule has 15 heavy (non-hydrogen) atoms. The van der Waals surface area contributed by atoms with Gasteiger partial charge in [-0.15, -0.1) is 0 Å². The lowest BCUT2D eigenvalue weighted by atomic mass is 10.1. The van der Waals surface area contributed by atoms with Gasteiger partial charge in [-0.1, -0.05) is 13.8 Å². The molecule has 80 valence electrons. The van der Waals surface area contributed by atoms with E-state index in [1.807, 2.05) is 23.6 Å². The number of nitrogens with two attached hydrogens (primary N) is 1. The summed E-state index contributed by atoms with van der Waals surface area (Å²) in [6, 6.07) is 4.16. The minimum Gasteiger partial charge on any atom is -0.324 e. The monoisotopic (exact) mass is 203 g/mol. The summed E-state index contributed by atoms with van der Waals surface area (Å²) >= 11 is 0. The number of rotatable bonds is 2. The van der Waals surface area contributed by atoms with Crippen molar-refractivity contribution >= 4 is 5.65 Å². The van der Waals surface area contributed by atoms with Crippen molar-refractivity contribution in [1.29, 1.82) is 0 Å². The van der Waals surface area contributed by atoms with Crippen LogP contribution in [0.5, 0.6) is 0 Å². The summed E-state index contributed by atoms with van der Waals surface area (Å²) < 4.78 is 2.04. The lowest BCUT2D eigenvalue weighted by molar-refractivity contribution is 0.815. The number of aromatic nitrogens is 2. The highest BCUT2D eigenvalue weighted by molar-refractivity contribution is 5.44. The molecule has 2 aromatic rings. The van der Waals surface area contributed by atoms with Crippen LogP contribution in [-0.2, 0) is 0 Å². The number of nitrogens with zero attached hydrogens (tertiary/aromatic N) is 2. The van der Waals surface area contributed by atoms with Gasteiger partial charge in [-0.05, 0) is 30.5 Å². The van der Waals surface area contributed by atoms with Crippen LogP contribution in [0.25, 0.3) is 5.65 Å². The molecule has 2 N–H and O–H groups in total. The van der Waals surface area contributed by atoms with E-state index < -0.39 is 0 Å². The standard InChI is InChI=1S/C12H17N3/c1-8(2)11-7-15-5-4-10(9(3)13)6-12(15)14-11/h4-9H,13H2,1-3H3. The Bertz CT molecular complexity index is 463. The van der Waals surface area contributed by atoms with Crippen LogP contribution >= 0.6 is 0 Å². The first-order valence-corrected chi connectivity index (χ1v) is 5.32. The van der Waals surface area contributed by atoms with E-state index in [2.05, 4.69) is 31.1 Å². The van der Waals surface area contributed by atoms with Gasteiger partial charge in [0.1, 0.15) is 5.65 Å². The lowest BCUT2D eigenvalue weighted by Crippen LogP contribution is -2.05. The molecule has 0 fully saturated rings. The molecule has 2 aromatic heterocycles. The van der Waals surface area contributed by atoms with Crippen LogP contribution in [0.1, 0.15) is 44.0 Å². The molecule has 3 heteroatoms. The van der Waals surface area contributed by atoms with Gasteiger partial charge in [0.15, 0.2) is 0 Å². The molecule has 0 aliphatic rings. The Morgan fingerprint density at radius 2 is 2.07 bits per heavy atom. The van der Waals surface area contributed by atoms with Crippen LogP contribution in [0.4, 0.5) is 0 Å². The van der Waals surface area contributed by atoms with Crippen LogP contribution in [-0.4, -0.2) is 9.38 Å². The molecule has 1 unspecified atom stereocenters. The van der Waals surface area contributed by atoms with E-state index in [1.165, 1.54) is 0 Å². The summed E-state index contributed by atoms with van der Waals surface area (Å²) in [6.07, 6.45) is 4.10. The maximum absolute atomic E-state index is 5.83. The van der Waals surface area contributed by atoms with Gasteiger partial charge < -0.3 is 10.1 Å². The molecule has 0 spiro atoms. The summed E-state index contributed by atoms with van der Waals surface area (Å²) in [5, 5.41) is 0. The quantitative estimate of drug-likeness (QED) is 0.814. The molecule has 0 amide bonds. The van der Waals surface area contributed by atoms with Gasteiger partial charge in [-0.3, -0.25) is 0 Å². The van der Waals surface area contributed by atoms with Crippen LogP contribution in [0.2, 0.25) is 0 Å². The summed E-state index contributed by atoms with van der Waals surface area (Å²) in [7, 11) is 0. The fourth-order valence-corrected chi connectivity index (χ4v) is 1.58. The molecule has 0 saturated carbocycles.